The maximum Gasteiger partial charge on any atom is 0.119 e. The van der Waals surface area contributed by atoms with Gasteiger partial charge < -0.3 is 0 Å². The van der Waals surface area contributed by atoms with Crippen molar-refractivity contribution in [2.24, 2.45) is 0 Å². The summed E-state index contributed by atoms with van der Waals surface area (Å²) in [5, 5.41) is 0. The van der Waals surface area contributed by atoms with Gasteiger partial charge >= 0.3 is 0 Å². The summed E-state index contributed by atoms with van der Waals surface area (Å²) in [6.07, 6.45) is 4.31. The molecule has 0 bridgehead atoms. The average Bonchev–Trinajstić information content (AvgIpc) is 1.72. The molecule has 3 nitrogen and oxygen atoms in total. The van der Waals surface area contributed by atoms with Crippen molar-refractivity contribution in [2.75, 3.05) is 0 Å². The van der Waals surface area contributed by atoms with Crippen LogP contribution in [0.1, 0.15) is 0 Å². The molecule has 1 aromatic heterocycles. The number of rotatable bonds is 0. The Morgan fingerprint density at radius 1 is 0.750 bits per heavy atom. The molecule has 32 valence electrons. The second kappa shape index (κ2) is 8.65. The molecule has 0 fully saturated rings. The Morgan fingerprint density at radius 2 is 1.00 bits per heavy atom. The molecule has 1 heterocycles. The van der Waals surface area contributed by atoms with Gasteiger partial charge in [0.2, 0.25) is 0 Å². The first kappa shape index (κ1) is 12.3. The Balaban J connectivity index is 0. The van der Waals surface area contributed by atoms with Crippen LogP contribution in [0.25, 0.3) is 0 Å². The van der Waals surface area contributed by atoms with Crippen LogP contribution in [0, 0.1) is 0 Å². The van der Waals surface area contributed by atoms with E-state index >= 15 is 0 Å². The summed E-state index contributed by atoms with van der Waals surface area (Å²) in [4.78, 5) is 10.7. The van der Waals surface area contributed by atoms with Crippen molar-refractivity contribution in [3.05, 3.63) is 19.0 Å². The minimum absolute atomic E-state index is 0. The Labute approximate surface area is 112 Å². The monoisotopic (exact) mass is 143 g/mol. The van der Waals surface area contributed by atoms with Crippen LogP contribution in [0.15, 0.2) is 19.0 Å². The molecule has 0 saturated carbocycles. The number of aromatic nitrogens is 3. The Bertz CT molecular complexity index is 86.5. The van der Waals surface area contributed by atoms with Crippen molar-refractivity contribution in [1.82, 2.24) is 15.0 Å². The smallest absolute Gasteiger partial charge is 0.119 e. The standard InChI is InChI=1S/C3H3N3.K.Na/c1-4-2-6-3-5-1;;/h1-3H;;. The van der Waals surface area contributed by atoms with Crippen molar-refractivity contribution in [3.8, 4) is 0 Å². The van der Waals surface area contributed by atoms with E-state index in [1.54, 1.807) is 0 Å². The number of nitrogens with zero attached hydrogens (tertiary/aromatic N) is 3. The summed E-state index contributed by atoms with van der Waals surface area (Å²) in [5.41, 5.74) is 0. The fourth-order valence-corrected chi connectivity index (χ4v) is 0.205. The van der Waals surface area contributed by atoms with Gasteiger partial charge in [-0.3, -0.25) is 0 Å². The van der Waals surface area contributed by atoms with Gasteiger partial charge in [-0.15, -0.1) is 0 Å². The number of hydrogen-bond donors (Lipinski definition) is 0. The molecule has 0 aromatic carbocycles. The largest absolute Gasteiger partial charge is 0.225 e. The van der Waals surface area contributed by atoms with Gasteiger partial charge in [-0.25, -0.2) is 15.0 Å². The van der Waals surface area contributed by atoms with E-state index in [0.717, 1.165) is 0 Å². The van der Waals surface area contributed by atoms with E-state index in [9.17, 15) is 0 Å². The molecule has 0 saturated heterocycles. The van der Waals surface area contributed by atoms with Crippen LogP contribution in [-0.4, -0.2) is 95.9 Å². The Morgan fingerprint density at radius 3 is 1.12 bits per heavy atom. The second-order valence-electron chi connectivity index (χ2n) is 0.794. The summed E-state index contributed by atoms with van der Waals surface area (Å²) in [5.74, 6) is 0. The molecule has 0 aliphatic carbocycles. The molecule has 2 radical (unpaired) electrons. The van der Waals surface area contributed by atoms with Crippen LogP contribution < -0.4 is 0 Å². The summed E-state index contributed by atoms with van der Waals surface area (Å²) < 4.78 is 0. The SMILES string of the molecule is [K].[Na].c1ncncn1. The molecule has 0 aliphatic heterocycles. The van der Waals surface area contributed by atoms with Crippen LogP contribution in [0.4, 0.5) is 0 Å². The normalized spacial score (nSPS) is 6.00. The molecule has 0 unspecified atom stereocenters. The van der Waals surface area contributed by atoms with Gasteiger partial charge in [0.1, 0.15) is 19.0 Å². The molecule has 0 amide bonds. The van der Waals surface area contributed by atoms with Gasteiger partial charge in [-0.1, -0.05) is 0 Å². The van der Waals surface area contributed by atoms with E-state index in [2.05, 4.69) is 15.0 Å². The minimum atomic E-state index is 0. The first-order valence-electron chi connectivity index (χ1n) is 1.55. The van der Waals surface area contributed by atoms with E-state index in [1.165, 1.54) is 19.0 Å². The third-order valence-electron chi connectivity index (χ3n) is 0.400. The van der Waals surface area contributed by atoms with E-state index in [4.69, 9.17) is 0 Å². The zero-order chi connectivity index (χ0) is 4.24. The van der Waals surface area contributed by atoms with Crippen molar-refractivity contribution in [3.63, 3.8) is 0 Å². The van der Waals surface area contributed by atoms with Gasteiger partial charge in [0, 0.05) is 80.9 Å². The quantitative estimate of drug-likeness (QED) is 0.442. The zero-order valence-corrected chi connectivity index (χ0v) is 10.2. The number of hydrogen-bond acceptors (Lipinski definition) is 3. The molecule has 0 spiro atoms. The van der Waals surface area contributed by atoms with Gasteiger partial charge in [0.05, 0.1) is 0 Å². The average molecular weight is 143 g/mol. The molecule has 0 N–H and O–H groups in total. The fourth-order valence-electron chi connectivity index (χ4n) is 0.205. The summed E-state index contributed by atoms with van der Waals surface area (Å²) in [7, 11) is 0. The van der Waals surface area contributed by atoms with E-state index in [-0.39, 0.29) is 80.9 Å². The molecular weight excluding hydrogens is 140 g/mol. The molecule has 8 heavy (non-hydrogen) atoms. The third-order valence-corrected chi connectivity index (χ3v) is 0.400. The summed E-state index contributed by atoms with van der Waals surface area (Å²) >= 11 is 0. The first-order chi connectivity index (χ1) is 3.00. The van der Waals surface area contributed by atoms with Crippen molar-refractivity contribution < 1.29 is 0 Å². The van der Waals surface area contributed by atoms with Crippen LogP contribution in [-0.2, 0) is 0 Å². The van der Waals surface area contributed by atoms with Crippen molar-refractivity contribution in [2.45, 2.75) is 0 Å². The van der Waals surface area contributed by atoms with Gasteiger partial charge in [0.15, 0.2) is 0 Å². The van der Waals surface area contributed by atoms with Crippen LogP contribution in [0.2, 0.25) is 0 Å². The van der Waals surface area contributed by atoms with Crippen molar-refractivity contribution in [1.29, 1.82) is 0 Å². The summed E-state index contributed by atoms with van der Waals surface area (Å²) in [6, 6.07) is 0. The third kappa shape index (κ3) is 5.78. The maximum absolute atomic E-state index is 3.56. The topological polar surface area (TPSA) is 38.7 Å². The van der Waals surface area contributed by atoms with Crippen LogP contribution in [0.3, 0.4) is 0 Å². The molecule has 1 aromatic rings. The minimum Gasteiger partial charge on any atom is -0.225 e. The zero-order valence-electron chi connectivity index (χ0n) is 5.07. The maximum atomic E-state index is 3.56. The first-order valence-corrected chi connectivity index (χ1v) is 1.55. The van der Waals surface area contributed by atoms with Crippen LogP contribution in [0.5, 0.6) is 0 Å². The van der Waals surface area contributed by atoms with Gasteiger partial charge in [-0.05, 0) is 0 Å². The van der Waals surface area contributed by atoms with Gasteiger partial charge in [-0.2, -0.15) is 0 Å². The van der Waals surface area contributed by atoms with Crippen LogP contribution >= 0.6 is 0 Å². The Kier molecular flexibility index (Phi) is 13.3. The van der Waals surface area contributed by atoms with E-state index < -0.39 is 0 Å². The summed E-state index contributed by atoms with van der Waals surface area (Å²) in [6.45, 7) is 0. The fraction of sp³-hybridized carbons (Fsp3) is 0. The van der Waals surface area contributed by atoms with Gasteiger partial charge in [0.25, 0.3) is 0 Å². The Hall–Kier alpha value is 1.65. The molecular formula is C3H3KN3Na. The van der Waals surface area contributed by atoms with E-state index in [0.29, 0.717) is 0 Å². The van der Waals surface area contributed by atoms with E-state index in [1.807, 2.05) is 0 Å². The molecule has 0 aliphatic rings. The van der Waals surface area contributed by atoms with Crippen molar-refractivity contribution >= 4 is 80.9 Å². The second-order valence-corrected chi connectivity index (χ2v) is 0.794. The predicted molar refractivity (Wildman–Crippen MR) is 31.3 cm³/mol. The molecule has 5 heteroatoms. The molecule has 0 atom stereocenters. The molecule has 1 rings (SSSR count). The predicted octanol–water partition coefficient (Wildman–Crippen LogP) is -0.890.